The van der Waals surface area contributed by atoms with Gasteiger partial charge < -0.3 is 19.2 Å². The molecule has 0 atom stereocenters. The van der Waals surface area contributed by atoms with Crippen LogP contribution in [0, 0.1) is 0 Å². The summed E-state index contributed by atoms with van der Waals surface area (Å²) in [7, 11) is 0. The number of ketones is 1. The largest absolute Gasteiger partial charge is 0.444 e. The summed E-state index contributed by atoms with van der Waals surface area (Å²) in [6.45, 7) is 8.82. The average molecular weight is 364 g/mol. The van der Waals surface area contributed by atoms with Gasteiger partial charge in [0.25, 0.3) is 0 Å². The number of alkyl carbamates (subject to hydrolysis) is 1. The summed E-state index contributed by atoms with van der Waals surface area (Å²) in [4.78, 5) is 37.7. The Balaban J connectivity index is 1.87. The number of nitrogens with one attached hydrogen (secondary N) is 2. The van der Waals surface area contributed by atoms with Gasteiger partial charge in [0.05, 0.1) is 17.7 Å². The van der Waals surface area contributed by atoms with E-state index >= 15 is 0 Å². The number of carbonyl (C=O) groups is 2. The van der Waals surface area contributed by atoms with Gasteiger partial charge in [-0.05, 0) is 52.8 Å². The van der Waals surface area contributed by atoms with Gasteiger partial charge in [-0.1, -0.05) is 0 Å². The molecule has 2 N–H and O–H groups in total. The molecule has 2 aromatic rings. The number of ether oxygens (including phenoxy) is 2. The first kappa shape index (κ1) is 19.7. The number of oxazole rings is 1. The molecule has 0 spiro atoms. The Labute approximate surface area is 150 Å². The summed E-state index contributed by atoms with van der Waals surface area (Å²) in [6.07, 6.45) is -0.551. The van der Waals surface area contributed by atoms with E-state index in [1.165, 1.54) is 6.07 Å². The van der Waals surface area contributed by atoms with Crippen LogP contribution in [-0.4, -0.2) is 41.2 Å². The first-order valence-electron chi connectivity index (χ1n) is 8.20. The molecule has 0 aliphatic rings. The molecule has 1 amide bonds. The van der Waals surface area contributed by atoms with Gasteiger partial charge in [0, 0.05) is 5.56 Å². The van der Waals surface area contributed by atoms with Crippen molar-refractivity contribution in [1.82, 2.24) is 10.3 Å². The van der Waals surface area contributed by atoms with Crippen LogP contribution in [0.4, 0.5) is 4.79 Å². The van der Waals surface area contributed by atoms with E-state index in [1.54, 1.807) is 46.8 Å². The second-order valence-corrected chi connectivity index (χ2v) is 7.65. The molecule has 0 unspecified atom stereocenters. The number of hydrogen-bond acceptors (Lipinski definition) is 6. The molecule has 0 bridgehead atoms. The summed E-state index contributed by atoms with van der Waals surface area (Å²) in [5.74, 6) is -0.834. The van der Waals surface area contributed by atoms with Gasteiger partial charge in [-0.3, -0.25) is 9.78 Å². The summed E-state index contributed by atoms with van der Waals surface area (Å²) in [5.41, 5.74) is -0.0934. The predicted molar refractivity (Wildman–Crippen MR) is 95.4 cm³/mol. The van der Waals surface area contributed by atoms with E-state index in [-0.39, 0.29) is 19.0 Å². The minimum atomic E-state index is -0.708. The average Bonchev–Trinajstić information content (AvgIpc) is 2.82. The Morgan fingerprint density at radius 1 is 1.19 bits per heavy atom. The lowest BCUT2D eigenvalue weighted by Crippen LogP contribution is -2.49. The van der Waals surface area contributed by atoms with Crippen LogP contribution < -0.4 is 11.1 Å². The van der Waals surface area contributed by atoms with Crippen LogP contribution in [0.25, 0.3) is 11.1 Å². The van der Waals surface area contributed by atoms with Gasteiger partial charge in [0.1, 0.15) is 12.2 Å². The molecule has 2 rings (SSSR count). The molecule has 26 heavy (non-hydrogen) atoms. The minimum Gasteiger partial charge on any atom is -0.444 e. The molecule has 0 fully saturated rings. The molecule has 8 nitrogen and oxygen atoms in total. The van der Waals surface area contributed by atoms with E-state index in [2.05, 4.69) is 10.3 Å². The molecule has 0 aliphatic heterocycles. The minimum absolute atomic E-state index is 0.124. The van der Waals surface area contributed by atoms with Gasteiger partial charge in [-0.2, -0.15) is 0 Å². The van der Waals surface area contributed by atoms with Gasteiger partial charge in [0.2, 0.25) is 0 Å². The number of benzene rings is 1. The van der Waals surface area contributed by atoms with Crippen LogP contribution in [-0.2, 0) is 9.47 Å². The number of amides is 1. The van der Waals surface area contributed by atoms with Gasteiger partial charge in [-0.25, -0.2) is 9.59 Å². The summed E-state index contributed by atoms with van der Waals surface area (Å²) >= 11 is 0. The highest BCUT2D eigenvalue weighted by atomic mass is 16.6. The van der Waals surface area contributed by atoms with Crippen molar-refractivity contribution >= 4 is 23.0 Å². The zero-order valence-corrected chi connectivity index (χ0v) is 15.6. The summed E-state index contributed by atoms with van der Waals surface area (Å²) in [6, 6.07) is 4.67. The van der Waals surface area contributed by atoms with Crippen LogP contribution >= 0.6 is 0 Å². The third-order valence-electron chi connectivity index (χ3n) is 3.28. The Hall–Kier alpha value is -2.61. The van der Waals surface area contributed by atoms with Crippen molar-refractivity contribution < 1.29 is 23.5 Å². The van der Waals surface area contributed by atoms with E-state index in [0.29, 0.717) is 16.7 Å². The molecule has 142 valence electrons. The lowest BCUT2D eigenvalue weighted by molar-refractivity contribution is 0.0349. The van der Waals surface area contributed by atoms with E-state index < -0.39 is 23.0 Å². The molecule has 1 aromatic carbocycles. The Bertz CT molecular complexity index is 856. The van der Waals surface area contributed by atoms with Crippen molar-refractivity contribution in [2.45, 2.75) is 45.8 Å². The Kier molecular flexibility index (Phi) is 5.56. The summed E-state index contributed by atoms with van der Waals surface area (Å²) < 4.78 is 15.6. The van der Waals surface area contributed by atoms with Crippen molar-refractivity contribution in [1.29, 1.82) is 0 Å². The highest BCUT2D eigenvalue weighted by Gasteiger charge is 2.25. The summed E-state index contributed by atoms with van der Waals surface area (Å²) in [5, 5.41) is 2.70. The number of aromatic amines is 1. The van der Waals surface area contributed by atoms with E-state index in [0.717, 1.165) is 0 Å². The Morgan fingerprint density at radius 3 is 2.54 bits per heavy atom. The second-order valence-electron chi connectivity index (χ2n) is 7.65. The van der Waals surface area contributed by atoms with E-state index in [9.17, 15) is 14.4 Å². The van der Waals surface area contributed by atoms with E-state index in [4.69, 9.17) is 13.9 Å². The highest BCUT2D eigenvalue weighted by Crippen LogP contribution is 2.14. The maximum absolute atomic E-state index is 12.2. The number of Topliss-reactive ketones (excluding diaryl/α,β-unsaturated/α-hetero) is 1. The molecule has 8 heteroatoms. The van der Waals surface area contributed by atoms with Gasteiger partial charge >= 0.3 is 11.8 Å². The Morgan fingerprint density at radius 2 is 1.88 bits per heavy atom. The molecular weight excluding hydrogens is 340 g/mol. The van der Waals surface area contributed by atoms with Crippen LogP contribution in [0.5, 0.6) is 0 Å². The zero-order valence-electron chi connectivity index (χ0n) is 15.6. The van der Waals surface area contributed by atoms with Crippen LogP contribution in [0.2, 0.25) is 0 Å². The van der Waals surface area contributed by atoms with Crippen LogP contribution in [0.3, 0.4) is 0 Å². The van der Waals surface area contributed by atoms with Crippen molar-refractivity contribution in [3.05, 3.63) is 34.3 Å². The lowest BCUT2D eigenvalue weighted by atomic mass is 10.1. The number of fused-ring (bicyclic) bond motifs is 1. The van der Waals surface area contributed by atoms with Crippen LogP contribution in [0.15, 0.2) is 27.4 Å². The number of aromatic nitrogens is 1. The maximum Gasteiger partial charge on any atom is 0.417 e. The van der Waals surface area contributed by atoms with Crippen molar-refractivity contribution in [2.75, 3.05) is 13.2 Å². The fourth-order valence-electron chi connectivity index (χ4n) is 2.22. The van der Waals surface area contributed by atoms with Gasteiger partial charge in [-0.15, -0.1) is 0 Å². The lowest BCUT2D eigenvalue weighted by Gasteiger charge is -2.28. The first-order chi connectivity index (χ1) is 12.0. The molecular formula is C18H24N2O6. The number of H-pyrrole nitrogens is 1. The normalized spacial score (nSPS) is 12.2. The van der Waals surface area contributed by atoms with Gasteiger partial charge in [0.15, 0.2) is 11.4 Å². The van der Waals surface area contributed by atoms with E-state index in [1.807, 2.05) is 0 Å². The number of hydrogen-bond donors (Lipinski definition) is 2. The number of carbonyl (C=O) groups excluding carboxylic acids is 2. The smallest absolute Gasteiger partial charge is 0.417 e. The maximum atomic E-state index is 12.2. The molecule has 0 aliphatic carbocycles. The predicted octanol–water partition coefficient (Wildman–Crippen LogP) is 2.62. The van der Waals surface area contributed by atoms with Crippen molar-refractivity contribution in [3.8, 4) is 0 Å². The van der Waals surface area contributed by atoms with Crippen molar-refractivity contribution in [2.24, 2.45) is 0 Å². The molecule has 1 heterocycles. The standard InChI is InChI=1S/C18H24N2O6/c1-17(2,3)26-16(23)20-18(4,5)10-24-9-13(21)11-6-7-12-14(8-11)25-15(22)19-12/h6-8H,9-10H2,1-5H3,(H,19,22)(H,20,23). The van der Waals surface area contributed by atoms with Crippen LogP contribution in [0.1, 0.15) is 45.0 Å². The molecule has 0 saturated carbocycles. The molecule has 1 aromatic heterocycles. The highest BCUT2D eigenvalue weighted by molar-refractivity contribution is 5.99. The monoisotopic (exact) mass is 364 g/mol. The molecule has 0 saturated heterocycles. The third kappa shape index (κ3) is 5.73. The fraction of sp³-hybridized carbons (Fsp3) is 0.500. The zero-order chi connectivity index (χ0) is 19.5. The van der Waals surface area contributed by atoms with Crippen molar-refractivity contribution in [3.63, 3.8) is 0 Å². The first-order valence-corrected chi connectivity index (χ1v) is 8.20. The number of rotatable bonds is 6. The topological polar surface area (TPSA) is 111 Å². The third-order valence-corrected chi connectivity index (χ3v) is 3.28. The second kappa shape index (κ2) is 7.33. The quantitative estimate of drug-likeness (QED) is 0.762. The fourth-order valence-corrected chi connectivity index (χ4v) is 2.22. The SMILES string of the molecule is CC(C)(COCC(=O)c1ccc2[nH]c(=O)oc2c1)NC(=O)OC(C)(C)C. The molecule has 0 radical (unpaired) electrons.